The van der Waals surface area contributed by atoms with Crippen molar-refractivity contribution in [2.75, 3.05) is 0 Å². The first-order valence-corrected chi connectivity index (χ1v) is 9.31. The van der Waals surface area contributed by atoms with Gasteiger partial charge in [-0.1, -0.05) is 35.4 Å². The molecule has 1 aliphatic rings. The minimum Gasteiger partial charge on any atom is -0.329 e. The van der Waals surface area contributed by atoms with Crippen LogP contribution in [0.25, 0.3) is 0 Å². The third-order valence-electron chi connectivity index (χ3n) is 5.70. The highest BCUT2D eigenvalue weighted by Gasteiger charge is 2.44. The third-order valence-corrected chi connectivity index (χ3v) is 5.70. The Labute approximate surface area is 165 Å². The fourth-order valence-electron chi connectivity index (χ4n) is 3.61. The smallest absolute Gasteiger partial charge is 0.329 e. The number of amides is 2. The number of fused-ring (bicyclic) bond motifs is 1. The second-order valence-corrected chi connectivity index (χ2v) is 8.08. The monoisotopic (exact) mass is 379 g/mol. The molecule has 0 atom stereocenters. The molecule has 28 heavy (non-hydrogen) atoms. The van der Waals surface area contributed by atoms with Gasteiger partial charge < -0.3 is 4.84 Å². The van der Waals surface area contributed by atoms with Gasteiger partial charge in [0.25, 0.3) is 11.8 Å². The number of hydrogen-bond donors (Lipinski definition) is 0. The number of carbonyl (C=O) groups excluding carboxylic acids is 3. The molecule has 0 radical (unpaired) electrons. The van der Waals surface area contributed by atoms with Crippen molar-refractivity contribution in [2.45, 2.75) is 48.0 Å². The molecule has 0 saturated carbocycles. The van der Waals surface area contributed by atoms with E-state index in [4.69, 9.17) is 4.84 Å². The third kappa shape index (κ3) is 3.11. The molecule has 2 aromatic rings. The molecule has 146 valence electrons. The zero-order valence-corrected chi connectivity index (χ0v) is 17.2. The number of nitrogens with zero attached hydrogens (tertiary/aromatic N) is 1. The van der Waals surface area contributed by atoms with E-state index in [1.165, 1.54) is 0 Å². The van der Waals surface area contributed by atoms with Crippen LogP contribution in [0.2, 0.25) is 0 Å². The highest BCUT2D eigenvalue weighted by molar-refractivity contribution is 6.22. The minimum atomic E-state index is -0.896. The number of rotatable bonds is 4. The zero-order chi connectivity index (χ0) is 20.8. The van der Waals surface area contributed by atoms with Crippen LogP contribution in [0.3, 0.4) is 0 Å². The topological polar surface area (TPSA) is 63.7 Å². The minimum absolute atomic E-state index is 0.333. The number of carbonyl (C=O) groups is 3. The van der Waals surface area contributed by atoms with Crippen LogP contribution in [0, 0.1) is 33.1 Å². The van der Waals surface area contributed by atoms with Crippen molar-refractivity contribution in [3.8, 4) is 0 Å². The van der Waals surface area contributed by atoms with Crippen LogP contribution in [0.5, 0.6) is 0 Å². The van der Waals surface area contributed by atoms with Gasteiger partial charge in [0.15, 0.2) is 0 Å². The Kier molecular flexibility index (Phi) is 4.88. The summed E-state index contributed by atoms with van der Waals surface area (Å²) >= 11 is 0. The second-order valence-electron chi connectivity index (χ2n) is 8.08. The first-order valence-electron chi connectivity index (χ1n) is 9.31. The highest BCUT2D eigenvalue weighted by atomic mass is 16.7. The van der Waals surface area contributed by atoms with Crippen LogP contribution in [-0.4, -0.2) is 22.8 Å². The van der Waals surface area contributed by atoms with E-state index in [1.807, 2.05) is 58.0 Å². The van der Waals surface area contributed by atoms with Gasteiger partial charge in [0.2, 0.25) is 0 Å². The molecule has 0 saturated heterocycles. The normalized spacial score (nSPS) is 13.7. The van der Waals surface area contributed by atoms with E-state index in [0.717, 1.165) is 27.8 Å². The molecule has 0 unspecified atom stereocenters. The Morgan fingerprint density at radius 3 is 1.79 bits per heavy atom. The average Bonchev–Trinajstić information content (AvgIpc) is 2.90. The lowest BCUT2D eigenvalue weighted by Crippen LogP contribution is -2.39. The zero-order valence-electron chi connectivity index (χ0n) is 17.2. The maximum Gasteiger partial charge on any atom is 0.339 e. The summed E-state index contributed by atoms with van der Waals surface area (Å²) in [6.45, 7) is 11.0. The summed E-state index contributed by atoms with van der Waals surface area (Å²) in [7, 11) is 0. The van der Waals surface area contributed by atoms with E-state index in [0.29, 0.717) is 22.6 Å². The molecule has 0 aliphatic carbocycles. The van der Waals surface area contributed by atoms with Gasteiger partial charge in [0.1, 0.15) is 0 Å². The van der Waals surface area contributed by atoms with E-state index >= 15 is 0 Å². The number of imide groups is 1. The van der Waals surface area contributed by atoms with E-state index < -0.39 is 23.2 Å². The molecule has 2 amide bonds. The standard InChI is InChI=1S/C23H25NO4/c1-13-14(2)16(4)19-18(15(13)3)20(25)24(21(19)26)28-22(27)23(5,6)12-17-10-8-7-9-11-17/h7-11H,12H2,1-6H3. The molecule has 0 aromatic heterocycles. The van der Waals surface area contributed by atoms with Crippen molar-refractivity contribution < 1.29 is 19.2 Å². The number of benzene rings is 2. The summed E-state index contributed by atoms with van der Waals surface area (Å²) in [4.78, 5) is 43.9. The second kappa shape index (κ2) is 6.89. The Hall–Kier alpha value is -2.95. The van der Waals surface area contributed by atoms with Crippen LogP contribution in [0.4, 0.5) is 0 Å². The molecular formula is C23H25NO4. The molecule has 3 rings (SSSR count). The SMILES string of the molecule is Cc1c(C)c(C)c2c(c1C)C(=O)N(OC(=O)C(C)(C)Cc1ccccc1)C2=O. The highest BCUT2D eigenvalue weighted by Crippen LogP contribution is 2.34. The molecule has 0 fully saturated rings. The Morgan fingerprint density at radius 2 is 1.32 bits per heavy atom. The summed E-state index contributed by atoms with van der Waals surface area (Å²) in [5.74, 6) is -1.77. The molecule has 1 aliphatic heterocycles. The molecule has 2 aromatic carbocycles. The van der Waals surface area contributed by atoms with Gasteiger partial charge in [-0.2, -0.15) is 0 Å². The van der Waals surface area contributed by atoms with Crippen LogP contribution in [0.1, 0.15) is 62.4 Å². The van der Waals surface area contributed by atoms with Crippen molar-refractivity contribution in [3.05, 3.63) is 69.3 Å². The van der Waals surface area contributed by atoms with Crippen molar-refractivity contribution in [2.24, 2.45) is 5.41 Å². The summed E-state index contributed by atoms with van der Waals surface area (Å²) in [6, 6.07) is 9.56. The fraction of sp³-hybridized carbons (Fsp3) is 0.348. The van der Waals surface area contributed by atoms with Crippen molar-refractivity contribution in [3.63, 3.8) is 0 Å². The lowest BCUT2D eigenvalue weighted by atomic mass is 9.86. The summed E-state index contributed by atoms with van der Waals surface area (Å²) < 4.78 is 0. The summed E-state index contributed by atoms with van der Waals surface area (Å²) in [5, 5.41) is 0.624. The molecule has 0 spiro atoms. The predicted octanol–water partition coefficient (Wildman–Crippen LogP) is 4.24. The maximum absolute atomic E-state index is 12.9. The van der Waals surface area contributed by atoms with E-state index in [1.54, 1.807) is 13.8 Å². The Bertz CT molecular complexity index is 943. The average molecular weight is 379 g/mol. The lowest BCUT2D eigenvalue weighted by Gasteiger charge is -2.24. The van der Waals surface area contributed by atoms with Crippen LogP contribution < -0.4 is 0 Å². The van der Waals surface area contributed by atoms with Gasteiger partial charge in [0, 0.05) is 0 Å². The fourth-order valence-corrected chi connectivity index (χ4v) is 3.61. The van der Waals surface area contributed by atoms with Crippen LogP contribution in [0.15, 0.2) is 30.3 Å². The lowest BCUT2D eigenvalue weighted by molar-refractivity contribution is -0.179. The van der Waals surface area contributed by atoms with Crippen LogP contribution in [-0.2, 0) is 16.1 Å². The van der Waals surface area contributed by atoms with Gasteiger partial charge in [-0.15, -0.1) is 0 Å². The molecule has 1 heterocycles. The quantitative estimate of drug-likeness (QED) is 0.745. The van der Waals surface area contributed by atoms with Gasteiger partial charge >= 0.3 is 5.97 Å². The Morgan fingerprint density at radius 1 is 0.857 bits per heavy atom. The van der Waals surface area contributed by atoms with E-state index in [-0.39, 0.29) is 0 Å². The summed E-state index contributed by atoms with van der Waals surface area (Å²) in [6.07, 6.45) is 0.437. The van der Waals surface area contributed by atoms with E-state index in [9.17, 15) is 14.4 Å². The largest absolute Gasteiger partial charge is 0.339 e. The Balaban J connectivity index is 1.88. The van der Waals surface area contributed by atoms with Crippen molar-refractivity contribution in [1.29, 1.82) is 0 Å². The van der Waals surface area contributed by atoms with Crippen LogP contribution >= 0.6 is 0 Å². The molecule has 5 heteroatoms. The predicted molar refractivity (Wildman–Crippen MR) is 106 cm³/mol. The molecule has 0 N–H and O–H groups in total. The van der Waals surface area contributed by atoms with Crippen molar-refractivity contribution >= 4 is 17.8 Å². The number of hydrogen-bond acceptors (Lipinski definition) is 4. The molecule has 5 nitrogen and oxygen atoms in total. The van der Waals surface area contributed by atoms with E-state index in [2.05, 4.69) is 0 Å². The van der Waals surface area contributed by atoms with Gasteiger partial charge in [-0.05, 0) is 75.8 Å². The summed E-state index contributed by atoms with van der Waals surface area (Å²) in [5.41, 5.74) is 4.18. The molecular weight excluding hydrogens is 354 g/mol. The van der Waals surface area contributed by atoms with Crippen molar-refractivity contribution in [1.82, 2.24) is 5.06 Å². The molecule has 0 bridgehead atoms. The number of hydroxylamine groups is 2. The van der Waals surface area contributed by atoms with Gasteiger partial charge in [-0.3, -0.25) is 9.59 Å². The first-order chi connectivity index (χ1) is 13.1. The maximum atomic E-state index is 12.9. The van der Waals surface area contributed by atoms with Gasteiger partial charge in [-0.25, -0.2) is 4.79 Å². The first kappa shape index (κ1) is 19.8. The van der Waals surface area contributed by atoms with Gasteiger partial charge in [0.05, 0.1) is 16.5 Å².